The molecule has 138 valence electrons. The third kappa shape index (κ3) is 4.29. The first-order valence-electron chi connectivity index (χ1n) is 9.08. The Labute approximate surface area is 152 Å². The van der Waals surface area contributed by atoms with Crippen LogP contribution < -0.4 is 0 Å². The van der Waals surface area contributed by atoms with E-state index in [9.17, 15) is 0 Å². The lowest BCUT2D eigenvalue weighted by atomic mass is 10.2. The third-order valence-corrected chi connectivity index (χ3v) is 4.69. The number of fused-ring (bicyclic) bond motifs is 1. The summed E-state index contributed by atoms with van der Waals surface area (Å²) in [6.45, 7) is 4.58. The lowest BCUT2D eigenvalue weighted by Gasteiger charge is -2.14. The molecular formula is C19H25N5O2. The van der Waals surface area contributed by atoms with Gasteiger partial charge in [0.1, 0.15) is 5.69 Å². The lowest BCUT2D eigenvalue weighted by molar-refractivity contribution is -0.122. The minimum atomic E-state index is -0.250. The van der Waals surface area contributed by atoms with E-state index in [1.54, 1.807) is 0 Å². The summed E-state index contributed by atoms with van der Waals surface area (Å²) >= 11 is 0. The summed E-state index contributed by atoms with van der Waals surface area (Å²) < 4.78 is 4.21. The molecule has 4 heterocycles. The second kappa shape index (κ2) is 9.15. The van der Waals surface area contributed by atoms with Gasteiger partial charge in [-0.15, -0.1) is 0 Å². The molecule has 0 aliphatic carbocycles. The average Bonchev–Trinajstić information content (AvgIpc) is 3.40. The zero-order chi connectivity index (χ0) is 18.2. The minimum Gasteiger partial charge on any atom is -0.483 e. The molecule has 0 amide bonds. The smallest absolute Gasteiger partial charge is 0.290 e. The molecule has 1 fully saturated rings. The maximum atomic E-state index is 8.36. The highest BCUT2D eigenvalue weighted by Gasteiger charge is 2.12. The van der Waals surface area contributed by atoms with Crippen LogP contribution in [0.2, 0.25) is 0 Å². The van der Waals surface area contributed by atoms with Crippen LogP contribution >= 0.6 is 0 Å². The lowest BCUT2D eigenvalue weighted by Crippen LogP contribution is -2.20. The normalized spacial score (nSPS) is 14.3. The van der Waals surface area contributed by atoms with Crippen molar-refractivity contribution in [3.8, 4) is 11.5 Å². The number of hydrogen-bond donors (Lipinski definition) is 1. The van der Waals surface area contributed by atoms with Crippen molar-refractivity contribution in [2.24, 2.45) is 0 Å². The van der Waals surface area contributed by atoms with Gasteiger partial charge in [0.15, 0.2) is 5.82 Å². The standard InChI is InChI=1S/C18H23N5.CH2O2/c1-2-12-21(11-1)13-3-4-14-22-15-10-19-18(22)17-7-5-6-16-8-9-20-23(16)17;2-1-3/h5-10,15H,1-4,11-14H2;1H,(H,2,3). The number of rotatable bonds is 6. The van der Waals surface area contributed by atoms with Crippen LogP contribution in [0.5, 0.6) is 0 Å². The fourth-order valence-corrected chi connectivity index (χ4v) is 3.47. The number of hydrogen-bond acceptors (Lipinski definition) is 4. The van der Waals surface area contributed by atoms with Crippen molar-refractivity contribution >= 4 is 12.0 Å². The number of pyridine rings is 1. The molecule has 0 radical (unpaired) electrons. The molecule has 0 atom stereocenters. The van der Waals surface area contributed by atoms with Crippen LogP contribution in [0.15, 0.2) is 42.9 Å². The van der Waals surface area contributed by atoms with E-state index in [1.165, 1.54) is 45.3 Å². The van der Waals surface area contributed by atoms with Gasteiger partial charge >= 0.3 is 0 Å². The number of nitrogens with zero attached hydrogens (tertiary/aromatic N) is 5. The fraction of sp³-hybridized carbons (Fsp3) is 0.421. The van der Waals surface area contributed by atoms with Gasteiger partial charge < -0.3 is 14.6 Å². The zero-order valence-corrected chi connectivity index (χ0v) is 14.9. The van der Waals surface area contributed by atoms with E-state index in [0.29, 0.717) is 0 Å². The van der Waals surface area contributed by atoms with Crippen LogP contribution in [-0.2, 0) is 11.3 Å². The summed E-state index contributed by atoms with van der Waals surface area (Å²) in [7, 11) is 0. The van der Waals surface area contributed by atoms with Crippen LogP contribution in [-0.4, -0.2) is 55.3 Å². The van der Waals surface area contributed by atoms with Gasteiger partial charge in [0.2, 0.25) is 0 Å². The molecule has 3 aromatic heterocycles. The van der Waals surface area contributed by atoms with Crippen molar-refractivity contribution in [3.63, 3.8) is 0 Å². The van der Waals surface area contributed by atoms with E-state index >= 15 is 0 Å². The number of carbonyl (C=O) groups is 1. The number of imidazole rings is 1. The SMILES string of the molecule is O=CO.c1cc(-c2nccn2CCCCN2CCCC2)n2nccc2c1. The van der Waals surface area contributed by atoms with E-state index in [0.717, 1.165) is 23.6 Å². The van der Waals surface area contributed by atoms with E-state index in [1.807, 2.05) is 23.0 Å². The number of aryl methyl sites for hydroxylation is 1. The van der Waals surface area contributed by atoms with Crippen molar-refractivity contribution in [2.75, 3.05) is 19.6 Å². The summed E-state index contributed by atoms with van der Waals surface area (Å²) in [6, 6.07) is 8.24. The largest absolute Gasteiger partial charge is 0.483 e. The highest BCUT2D eigenvalue weighted by Crippen LogP contribution is 2.19. The molecule has 26 heavy (non-hydrogen) atoms. The summed E-state index contributed by atoms with van der Waals surface area (Å²) in [5.74, 6) is 1.00. The van der Waals surface area contributed by atoms with Crippen molar-refractivity contribution in [2.45, 2.75) is 32.2 Å². The Kier molecular flexibility index (Phi) is 6.38. The Morgan fingerprint density at radius 2 is 1.85 bits per heavy atom. The van der Waals surface area contributed by atoms with Crippen molar-refractivity contribution in [1.29, 1.82) is 0 Å². The summed E-state index contributed by atoms with van der Waals surface area (Å²) in [6.07, 6.45) is 11.0. The predicted molar refractivity (Wildman–Crippen MR) is 100 cm³/mol. The second-order valence-electron chi connectivity index (χ2n) is 6.38. The quantitative estimate of drug-likeness (QED) is 0.543. The molecule has 1 aliphatic heterocycles. The molecule has 0 unspecified atom stereocenters. The van der Waals surface area contributed by atoms with Gasteiger partial charge in [-0.05, 0) is 63.5 Å². The molecule has 7 heteroatoms. The highest BCUT2D eigenvalue weighted by molar-refractivity contribution is 5.58. The molecule has 1 saturated heterocycles. The van der Waals surface area contributed by atoms with E-state index in [4.69, 9.17) is 9.90 Å². The van der Waals surface area contributed by atoms with Crippen molar-refractivity contribution in [1.82, 2.24) is 24.1 Å². The monoisotopic (exact) mass is 355 g/mol. The minimum absolute atomic E-state index is 0.250. The van der Waals surface area contributed by atoms with Gasteiger partial charge in [-0.3, -0.25) is 4.79 Å². The van der Waals surface area contributed by atoms with E-state index < -0.39 is 0 Å². The Bertz CT molecular complexity index is 820. The summed E-state index contributed by atoms with van der Waals surface area (Å²) in [5.41, 5.74) is 2.16. The van der Waals surface area contributed by atoms with Gasteiger partial charge in [-0.25, -0.2) is 9.50 Å². The molecule has 0 aromatic carbocycles. The Hall–Kier alpha value is -2.67. The Balaban J connectivity index is 0.000000613. The van der Waals surface area contributed by atoms with Crippen LogP contribution in [0.25, 0.3) is 17.0 Å². The second-order valence-corrected chi connectivity index (χ2v) is 6.38. The first-order valence-corrected chi connectivity index (χ1v) is 9.08. The fourth-order valence-electron chi connectivity index (χ4n) is 3.47. The number of aromatic nitrogens is 4. The average molecular weight is 355 g/mol. The Morgan fingerprint density at radius 3 is 2.65 bits per heavy atom. The number of unbranched alkanes of at least 4 members (excludes halogenated alkanes) is 1. The van der Waals surface area contributed by atoms with Gasteiger partial charge in [0.05, 0.1) is 11.7 Å². The molecule has 0 bridgehead atoms. The van der Waals surface area contributed by atoms with Gasteiger partial charge in [0.25, 0.3) is 6.47 Å². The first kappa shape index (κ1) is 18.1. The van der Waals surface area contributed by atoms with Gasteiger partial charge in [0, 0.05) is 18.9 Å². The summed E-state index contributed by atoms with van der Waals surface area (Å²) in [4.78, 5) is 15.5. The Morgan fingerprint density at radius 1 is 1.08 bits per heavy atom. The molecule has 3 aromatic rings. The van der Waals surface area contributed by atoms with Crippen LogP contribution in [0, 0.1) is 0 Å². The number of likely N-dealkylation sites (tertiary alicyclic amines) is 1. The highest BCUT2D eigenvalue weighted by atomic mass is 16.3. The molecule has 1 aliphatic rings. The van der Waals surface area contributed by atoms with Gasteiger partial charge in [-0.1, -0.05) is 6.07 Å². The van der Waals surface area contributed by atoms with Crippen molar-refractivity contribution < 1.29 is 9.90 Å². The molecular weight excluding hydrogens is 330 g/mol. The maximum Gasteiger partial charge on any atom is 0.290 e. The number of carboxylic acid groups (broad SMARTS) is 1. The third-order valence-electron chi connectivity index (χ3n) is 4.69. The van der Waals surface area contributed by atoms with Crippen LogP contribution in [0.4, 0.5) is 0 Å². The molecule has 1 N–H and O–H groups in total. The van der Waals surface area contributed by atoms with Gasteiger partial charge in [-0.2, -0.15) is 5.10 Å². The predicted octanol–water partition coefficient (Wildman–Crippen LogP) is 2.77. The van der Waals surface area contributed by atoms with Crippen molar-refractivity contribution in [3.05, 3.63) is 42.9 Å². The molecule has 4 rings (SSSR count). The molecule has 0 saturated carbocycles. The summed E-state index contributed by atoms with van der Waals surface area (Å²) in [5, 5.41) is 11.3. The first-order chi connectivity index (χ1) is 12.8. The molecule has 7 nitrogen and oxygen atoms in total. The van der Waals surface area contributed by atoms with Crippen LogP contribution in [0.1, 0.15) is 25.7 Å². The molecule has 0 spiro atoms. The van der Waals surface area contributed by atoms with Crippen LogP contribution in [0.3, 0.4) is 0 Å². The maximum absolute atomic E-state index is 8.36. The van der Waals surface area contributed by atoms with E-state index in [-0.39, 0.29) is 6.47 Å². The zero-order valence-electron chi connectivity index (χ0n) is 14.9. The topological polar surface area (TPSA) is 75.7 Å². The van der Waals surface area contributed by atoms with E-state index in [2.05, 4.69) is 43.9 Å².